The number of aliphatic carboxylic acids is 1. The monoisotopic (exact) mass is 299 g/mol. The van der Waals surface area contributed by atoms with Crippen molar-refractivity contribution in [2.45, 2.75) is 37.8 Å². The first-order valence-corrected chi connectivity index (χ1v) is 7.36. The van der Waals surface area contributed by atoms with Crippen LogP contribution < -0.4 is 5.32 Å². The lowest BCUT2D eigenvalue weighted by molar-refractivity contribution is -0.148. The average Bonchev–Trinajstić information content (AvgIpc) is 2.42. The van der Waals surface area contributed by atoms with Crippen molar-refractivity contribution in [2.24, 2.45) is 0 Å². The number of piperazine rings is 1. The Bertz CT molecular complexity index is 418. The molecule has 0 aliphatic carbocycles. The lowest BCUT2D eigenvalue weighted by Gasteiger charge is -2.46. The van der Waals surface area contributed by atoms with Crippen molar-refractivity contribution < 1.29 is 19.4 Å². The molecule has 0 aromatic rings. The number of urea groups is 1. The van der Waals surface area contributed by atoms with Gasteiger partial charge in [0.05, 0.1) is 0 Å². The summed E-state index contributed by atoms with van der Waals surface area (Å²) in [7, 11) is 2.03. The highest BCUT2D eigenvalue weighted by molar-refractivity contribution is 5.86. The van der Waals surface area contributed by atoms with Crippen molar-refractivity contribution in [3.63, 3.8) is 0 Å². The highest BCUT2D eigenvalue weighted by Crippen LogP contribution is 2.23. The molecule has 0 spiro atoms. The fraction of sp³-hybridized carbons (Fsp3) is 0.857. The Morgan fingerprint density at radius 1 is 1.19 bits per heavy atom. The van der Waals surface area contributed by atoms with Crippen molar-refractivity contribution >= 4 is 12.0 Å². The van der Waals surface area contributed by atoms with Gasteiger partial charge in [-0.3, -0.25) is 4.90 Å². The summed E-state index contributed by atoms with van der Waals surface area (Å²) in [5.74, 6) is -0.979. The van der Waals surface area contributed by atoms with Gasteiger partial charge in [-0.2, -0.15) is 0 Å². The largest absolute Gasteiger partial charge is 0.480 e. The molecule has 0 saturated carbocycles. The van der Waals surface area contributed by atoms with Crippen LogP contribution >= 0.6 is 0 Å². The first-order chi connectivity index (χ1) is 9.77. The van der Waals surface area contributed by atoms with Crippen molar-refractivity contribution in [1.29, 1.82) is 0 Å². The summed E-state index contributed by atoms with van der Waals surface area (Å²) in [6, 6.07) is -0.291. The maximum atomic E-state index is 12.5. The second-order valence-corrected chi connectivity index (χ2v) is 6.59. The summed E-state index contributed by atoms with van der Waals surface area (Å²) >= 11 is 0. The number of carbonyl (C=O) groups excluding carboxylic acids is 1. The predicted molar refractivity (Wildman–Crippen MR) is 77.2 cm³/mol. The summed E-state index contributed by atoms with van der Waals surface area (Å²) in [6.45, 7) is 6.85. The number of rotatable bonds is 2. The molecule has 21 heavy (non-hydrogen) atoms. The molecule has 2 amide bonds. The predicted octanol–water partition coefficient (Wildman–Crippen LogP) is 0.356. The van der Waals surface area contributed by atoms with E-state index in [2.05, 4.69) is 24.1 Å². The lowest BCUT2D eigenvalue weighted by Crippen LogP contribution is -2.65. The Labute approximate surface area is 125 Å². The number of hydrogen-bond acceptors (Lipinski definition) is 4. The SMILES string of the molecule is CN1CCN(C(=O)NC2(C(=O)O)CCOCC2)CC1(C)C. The molecule has 0 radical (unpaired) electrons. The molecule has 0 atom stereocenters. The molecule has 0 aromatic heterocycles. The van der Waals surface area contributed by atoms with E-state index in [1.54, 1.807) is 4.90 Å². The summed E-state index contributed by atoms with van der Waals surface area (Å²) in [5.41, 5.74) is -1.30. The van der Waals surface area contributed by atoms with Gasteiger partial charge in [-0.25, -0.2) is 9.59 Å². The van der Waals surface area contributed by atoms with Crippen molar-refractivity contribution in [3.8, 4) is 0 Å². The molecule has 2 heterocycles. The molecule has 2 rings (SSSR count). The molecule has 120 valence electrons. The fourth-order valence-corrected chi connectivity index (χ4v) is 2.81. The molecule has 0 unspecified atom stereocenters. The second-order valence-electron chi connectivity index (χ2n) is 6.59. The van der Waals surface area contributed by atoms with Gasteiger partial charge in [0.25, 0.3) is 0 Å². The van der Waals surface area contributed by atoms with E-state index in [1.165, 1.54) is 0 Å². The van der Waals surface area contributed by atoms with Gasteiger partial charge in [-0.05, 0) is 20.9 Å². The van der Waals surface area contributed by atoms with E-state index in [0.29, 0.717) is 39.1 Å². The highest BCUT2D eigenvalue weighted by atomic mass is 16.5. The molecule has 2 aliphatic rings. The smallest absolute Gasteiger partial charge is 0.329 e. The maximum Gasteiger partial charge on any atom is 0.329 e. The third-order valence-corrected chi connectivity index (χ3v) is 4.71. The Morgan fingerprint density at radius 2 is 1.81 bits per heavy atom. The van der Waals surface area contributed by atoms with E-state index < -0.39 is 11.5 Å². The standard InChI is InChI=1S/C14H25N3O4/c1-13(2)10-17(7-6-16(13)3)12(20)15-14(11(18)19)4-8-21-9-5-14/h4-10H2,1-3H3,(H,15,20)(H,18,19). The molecule has 2 N–H and O–H groups in total. The van der Waals surface area contributed by atoms with Gasteiger partial charge in [-0.15, -0.1) is 0 Å². The molecule has 0 bridgehead atoms. The van der Waals surface area contributed by atoms with Gasteiger partial charge in [0, 0.05) is 51.2 Å². The average molecular weight is 299 g/mol. The van der Waals surface area contributed by atoms with Crippen LogP contribution in [0.15, 0.2) is 0 Å². The van der Waals surface area contributed by atoms with Crippen molar-refractivity contribution in [1.82, 2.24) is 15.1 Å². The van der Waals surface area contributed by atoms with Gasteiger partial charge in [-0.1, -0.05) is 0 Å². The molecule has 7 nitrogen and oxygen atoms in total. The molecule has 2 fully saturated rings. The minimum atomic E-state index is -1.19. The third kappa shape index (κ3) is 3.29. The van der Waals surface area contributed by atoms with Crippen LogP contribution in [0.1, 0.15) is 26.7 Å². The van der Waals surface area contributed by atoms with E-state index in [9.17, 15) is 14.7 Å². The number of carboxylic acid groups (broad SMARTS) is 1. The van der Waals surface area contributed by atoms with Crippen molar-refractivity contribution in [3.05, 3.63) is 0 Å². The number of amides is 2. The summed E-state index contributed by atoms with van der Waals surface area (Å²) in [5, 5.41) is 12.2. The molecular weight excluding hydrogens is 274 g/mol. The topological polar surface area (TPSA) is 82.1 Å². The summed E-state index contributed by atoms with van der Waals surface area (Å²) < 4.78 is 5.21. The summed E-state index contributed by atoms with van der Waals surface area (Å²) in [4.78, 5) is 28.0. The number of carboxylic acids is 1. The zero-order valence-electron chi connectivity index (χ0n) is 13.0. The molecule has 0 aromatic carbocycles. The molecule has 2 aliphatic heterocycles. The number of likely N-dealkylation sites (N-methyl/N-ethyl adjacent to an activating group) is 1. The number of nitrogens with zero attached hydrogens (tertiary/aromatic N) is 2. The third-order valence-electron chi connectivity index (χ3n) is 4.71. The van der Waals surface area contributed by atoms with Crippen LogP contribution in [-0.2, 0) is 9.53 Å². The fourth-order valence-electron chi connectivity index (χ4n) is 2.81. The van der Waals surface area contributed by atoms with Gasteiger partial charge >= 0.3 is 12.0 Å². The van der Waals surface area contributed by atoms with Gasteiger partial charge in [0.15, 0.2) is 0 Å². The molecule has 2 saturated heterocycles. The van der Waals surface area contributed by atoms with Crippen LogP contribution in [0.25, 0.3) is 0 Å². The van der Waals surface area contributed by atoms with Gasteiger partial charge < -0.3 is 20.1 Å². The Hall–Kier alpha value is -1.34. The first kappa shape index (κ1) is 16.0. The van der Waals surface area contributed by atoms with E-state index in [-0.39, 0.29) is 11.6 Å². The number of ether oxygens (including phenoxy) is 1. The Balaban J connectivity index is 2.04. The Morgan fingerprint density at radius 3 is 2.33 bits per heavy atom. The van der Waals surface area contributed by atoms with Crippen molar-refractivity contribution in [2.75, 3.05) is 39.9 Å². The molecule has 7 heteroatoms. The van der Waals surface area contributed by atoms with E-state index in [4.69, 9.17) is 4.74 Å². The van der Waals surface area contributed by atoms with Crippen LogP contribution in [0.3, 0.4) is 0 Å². The second kappa shape index (κ2) is 5.81. The number of carbonyl (C=O) groups is 2. The van der Waals surface area contributed by atoms with Crippen LogP contribution in [0.5, 0.6) is 0 Å². The maximum absolute atomic E-state index is 12.5. The number of nitrogens with one attached hydrogen (secondary N) is 1. The van der Waals surface area contributed by atoms with Crippen LogP contribution in [-0.4, -0.2) is 77.9 Å². The van der Waals surface area contributed by atoms with Crippen LogP contribution in [0.4, 0.5) is 4.79 Å². The molecular formula is C14H25N3O4. The van der Waals surface area contributed by atoms with Gasteiger partial charge in [0.2, 0.25) is 0 Å². The zero-order chi connectivity index (χ0) is 15.7. The lowest BCUT2D eigenvalue weighted by atomic mass is 9.90. The highest BCUT2D eigenvalue weighted by Gasteiger charge is 2.43. The minimum absolute atomic E-state index is 0.109. The van der Waals surface area contributed by atoms with E-state index in [1.807, 2.05) is 7.05 Å². The van der Waals surface area contributed by atoms with E-state index >= 15 is 0 Å². The van der Waals surface area contributed by atoms with Crippen LogP contribution in [0.2, 0.25) is 0 Å². The normalized spacial score (nSPS) is 25.4. The number of hydrogen-bond donors (Lipinski definition) is 2. The Kier molecular flexibility index (Phi) is 4.43. The first-order valence-electron chi connectivity index (χ1n) is 7.36. The van der Waals surface area contributed by atoms with E-state index in [0.717, 1.165) is 6.54 Å². The van der Waals surface area contributed by atoms with Gasteiger partial charge in [0.1, 0.15) is 5.54 Å². The zero-order valence-corrected chi connectivity index (χ0v) is 13.0. The quantitative estimate of drug-likeness (QED) is 0.769. The summed E-state index contributed by atoms with van der Waals surface area (Å²) in [6.07, 6.45) is 0.621. The van der Waals surface area contributed by atoms with Crippen LogP contribution in [0, 0.1) is 0 Å². The minimum Gasteiger partial charge on any atom is -0.480 e.